The maximum absolute atomic E-state index is 13.7. The van der Waals surface area contributed by atoms with Gasteiger partial charge in [0.15, 0.2) is 16.7 Å². The molecular weight excluding hydrogens is 671 g/mol. The summed E-state index contributed by atoms with van der Waals surface area (Å²) in [5, 5.41) is 1.26. The maximum Gasteiger partial charge on any atom is 0.267 e. The summed E-state index contributed by atoms with van der Waals surface area (Å²) >= 11 is 9.87. The molecular formula is C32H26ClIN2O4S. The van der Waals surface area contributed by atoms with E-state index in [1.807, 2.05) is 97.1 Å². The van der Waals surface area contributed by atoms with Crippen molar-refractivity contribution in [3.05, 3.63) is 121 Å². The van der Waals surface area contributed by atoms with Crippen LogP contribution in [0.25, 0.3) is 6.08 Å². The molecule has 0 spiro atoms. The van der Waals surface area contributed by atoms with Crippen molar-refractivity contribution in [3.8, 4) is 17.2 Å². The van der Waals surface area contributed by atoms with Gasteiger partial charge in [0.05, 0.1) is 34.9 Å². The van der Waals surface area contributed by atoms with E-state index in [4.69, 9.17) is 30.8 Å². The van der Waals surface area contributed by atoms with Crippen molar-refractivity contribution in [2.75, 3.05) is 14.2 Å². The number of amidine groups is 1. The number of carbonyl (C=O) groups is 1. The standard InChI is InChI=1S/C32H26ClIN2O4S/c1-38-25-14-12-21(13-15-25)19-36-31(37)29(41-32(36)35-24-9-4-3-5-10-24)18-22-16-27(34)30(28(17-22)39-2)40-20-23-8-6-7-11-26(23)33/h3-18H,19-20H2,1-2H3/b29-18-,35-32?. The molecule has 0 radical (unpaired) electrons. The lowest BCUT2D eigenvalue weighted by Crippen LogP contribution is -2.28. The molecule has 0 aromatic heterocycles. The van der Waals surface area contributed by atoms with Crippen molar-refractivity contribution in [2.45, 2.75) is 13.2 Å². The van der Waals surface area contributed by atoms with Gasteiger partial charge in [0.25, 0.3) is 5.91 Å². The lowest BCUT2D eigenvalue weighted by Gasteiger charge is -2.16. The van der Waals surface area contributed by atoms with E-state index in [0.29, 0.717) is 39.7 Å². The van der Waals surface area contributed by atoms with Crippen LogP contribution in [0.15, 0.2) is 101 Å². The second-order valence-corrected chi connectivity index (χ2v) is 11.6. The first-order valence-electron chi connectivity index (χ1n) is 12.7. The number of ether oxygens (including phenoxy) is 3. The molecule has 4 aromatic carbocycles. The van der Waals surface area contributed by atoms with Gasteiger partial charge in [-0.2, -0.15) is 0 Å². The third kappa shape index (κ3) is 7.06. The summed E-state index contributed by atoms with van der Waals surface area (Å²) in [4.78, 5) is 20.8. The molecule has 1 amide bonds. The molecule has 41 heavy (non-hydrogen) atoms. The number of thioether (sulfide) groups is 1. The smallest absolute Gasteiger partial charge is 0.267 e. The Kier molecular flexibility index (Phi) is 9.53. The fourth-order valence-corrected chi connectivity index (χ4v) is 6.11. The quantitative estimate of drug-likeness (QED) is 0.130. The Morgan fingerprint density at radius 2 is 1.68 bits per heavy atom. The number of amides is 1. The van der Waals surface area contributed by atoms with Crippen molar-refractivity contribution < 1.29 is 19.0 Å². The molecule has 6 nitrogen and oxygen atoms in total. The van der Waals surface area contributed by atoms with Crippen LogP contribution in [0.5, 0.6) is 17.2 Å². The Morgan fingerprint density at radius 3 is 2.39 bits per heavy atom. The minimum atomic E-state index is -0.117. The van der Waals surface area contributed by atoms with Crippen LogP contribution in [0.4, 0.5) is 5.69 Å². The van der Waals surface area contributed by atoms with Crippen LogP contribution in [-0.2, 0) is 17.9 Å². The highest BCUT2D eigenvalue weighted by molar-refractivity contribution is 14.1. The zero-order valence-electron chi connectivity index (χ0n) is 22.3. The van der Waals surface area contributed by atoms with Crippen LogP contribution in [0.1, 0.15) is 16.7 Å². The second-order valence-electron chi connectivity index (χ2n) is 8.99. The van der Waals surface area contributed by atoms with Gasteiger partial charge in [0.2, 0.25) is 0 Å². The molecule has 5 rings (SSSR count). The normalized spacial score (nSPS) is 15.0. The lowest BCUT2D eigenvalue weighted by atomic mass is 10.1. The van der Waals surface area contributed by atoms with Crippen LogP contribution in [0.2, 0.25) is 5.02 Å². The summed E-state index contributed by atoms with van der Waals surface area (Å²) in [6.45, 7) is 0.689. The first kappa shape index (κ1) is 29.0. The molecule has 9 heteroatoms. The SMILES string of the molecule is COc1ccc(CN2C(=O)/C(=C/c3cc(I)c(OCc4ccccc4Cl)c(OC)c3)SC2=Nc2ccccc2)cc1. The van der Waals surface area contributed by atoms with E-state index in [0.717, 1.165) is 31.7 Å². The molecule has 1 heterocycles. The molecule has 1 aliphatic rings. The van der Waals surface area contributed by atoms with E-state index < -0.39 is 0 Å². The fourth-order valence-electron chi connectivity index (χ4n) is 4.14. The number of halogens is 2. The Bertz CT molecular complexity index is 1610. The molecule has 0 saturated carbocycles. The number of rotatable bonds is 9. The largest absolute Gasteiger partial charge is 0.497 e. The highest BCUT2D eigenvalue weighted by Gasteiger charge is 2.33. The minimum Gasteiger partial charge on any atom is -0.497 e. The van der Waals surface area contributed by atoms with Crippen molar-refractivity contribution in [2.24, 2.45) is 4.99 Å². The lowest BCUT2D eigenvalue weighted by molar-refractivity contribution is -0.122. The van der Waals surface area contributed by atoms with E-state index in [-0.39, 0.29) is 5.91 Å². The second kappa shape index (κ2) is 13.5. The Morgan fingerprint density at radius 1 is 0.951 bits per heavy atom. The van der Waals surface area contributed by atoms with Crippen molar-refractivity contribution in [1.29, 1.82) is 0 Å². The molecule has 1 aliphatic heterocycles. The number of nitrogens with zero attached hydrogens (tertiary/aromatic N) is 2. The van der Waals surface area contributed by atoms with Gasteiger partial charge < -0.3 is 14.2 Å². The number of methoxy groups -OCH3 is 2. The average Bonchev–Trinajstić information content (AvgIpc) is 3.26. The zero-order valence-corrected chi connectivity index (χ0v) is 26.1. The highest BCUT2D eigenvalue weighted by atomic mass is 127. The molecule has 0 unspecified atom stereocenters. The van der Waals surface area contributed by atoms with E-state index in [1.54, 1.807) is 19.1 Å². The van der Waals surface area contributed by atoms with Gasteiger partial charge >= 0.3 is 0 Å². The van der Waals surface area contributed by atoms with E-state index in [1.165, 1.54) is 11.8 Å². The Labute approximate surface area is 262 Å². The molecule has 0 bridgehead atoms. The minimum absolute atomic E-state index is 0.117. The number of hydrogen-bond acceptors (Lipinski definition) is 6. The van der Waals surface area contributed by atoms with Crippen LogP contribution < -0.4 is 14.2 Å². The first-order valence-corrected chi connectivity index (χ1v) is 14.9. The molecule has 1 saturated heterocycles. The van der Waals surface area contributed by atoms with Crippen LogP contribution in [0.3, 0.4) is 0 Å². The third-order valence-corrected chi connectivity index (χ3v) is 8.42. The van der Waals surface area contributed by atoms with Gasteiger partial charge in [-0.3, -0.25) is 9.69 Å². The Balaban J connectivity index is 1.43. The molecule has 0 aliphatic carbocycles. The predicted octanol–water partition coefficient (Wildman–Crippen LogP) is 8.35. The van der Waals surface area contributed by atoms with Gasteiger partial charge in [-0.15, -0.1) is 0 Å². The van der Waals surface area contributed by atoms with Crippen molar-refractivity contribution >= 4 is 68.8 Å². The van der Waals surface area contributed by atoms with Crippen LogP contribution in [0, 0.1) is 3.57 Å². The predicted molar refractivity (Wildman–Crippen MR) is 174 cm³/mol. The number of para-hydroxylation sites is 1. The van der Waals surface area contributed by atoms with E-state index in [2.05, 4.69) is 22.6 Å². The topological polar surface area (TPSA) is 60.4 Å². The molecule has 1 fully saturated rings. The molecule has 0 atom stereocenters. The summed E-state index contributed by atoms with van der Waals surface area (Å²) in [7, 11) is 3.23. The van der Waals surface area contributed by atoms with Gasteiger partial charge in [-0.05, 0) is 94.0 Å². The maximum atomic E-state index is 13.7. The number of carbonyl (C=O) groups excluding carboxylic acids is 1. The van der Waals surface area contributed by atoms with Gasteiger partial charge in [-0.1, -0.05) is 60.1 Å². The molecule has 0 N–H and O–H groups in total. The van der Waals surface area contributed by atoms with Crippen molar-refractivity contribution in [1.82, 2.24) is 4.90 Å². The average molecular weight is 697 g/mol. The summed E-state index contributed by atoms with van der Waals surface area (Å²) in [5.41, 5.74) is 3.45. The third-order valence-electron chi connectivity index (χ3n) is 6.25. The van der Waals surface area contributed by atoms with Crippen LogP contribution in [-0.4, -0.2) is 30.2 Å². The number of benzene rings is 4. The number of aliphatic imine (C=N–C) groups is 1. The van der Waals surface area contributed by atoms with Crippen LogP contribution >= 0.6 is 46.0 Å². The first-order chi connectivity index (χ1) is 19.9. The fraction of sp³-hybridized carbons (Fsp3) is 0.125. The molecule has 4 aromatic rings. The zero-order chi connectivity index (χ0) is 28.8. The van der Waals surface area contributed by atoms with Gasteiger partial charge in [0.1, 0.15) is 12.4 Å². The van der Waals surface area contributed by atoms with E-state index in [9.17, 15) is 4.79 Å². The van der Waals surface area contributed by atoms with E-state index >= 15 is 0 Å². The summed E-state index contributed by atoms with van der Waals surface area (Å²) in [6, 6.07) is 28.7. The van der Waals surface area contributed by atoms with Crippen molar-refractivity contribution in [3.63, 3.8) is 0 Å². The Hall–Kier alpha value is -3.47. The summed E-state index contributed by atoms with van der Waals surface area (Å²) in [6.07, 6.45) is 1.87. The summed E-state index contributed by atoms with van der Waals surface area (Å²) < 4.78 is 17.9. The highest BCUT2D eigenvalue weighted by Crippen LogP contribution is 2.39. The monoisotopic (exact) mass is 696 g/mol. The van der Waals surface area contributed by atoms with Gasteiger partial charge in [0, 0.05) is 10.6 Å². The summed E-state index contributed by atoms with van der Waals surface area (Å²) in [5.74, 6) is 1.83. The van der Waals surface area contributed by atoms with Gasteiger partial charge in [-0.25, -0.2) is 4.99 Å². The molecule has 208 valence electrons. The number of hydrogen-bond donors (Lipinski definition) is 0.